The molecule has 0 saturated carbocycles. The fourth-order valence-electron chi connectivity index (χ4n) is 3.62. The van der Waals surface area contributed by atoms with Crippen molar-refractivity contribution in [3.63, 3.8) is 0 Å². The fraction of sp³-hybridized carbons (Fsp3) is 0.750. The average molecular weight is 587 g/mol. The number of nitrogens with zero attached hydrogens (tertiary/aromatic N) is 1. The summed E-state index contributed by atoms with van der Waals surface area (Å²) in [6.07, 6.45) is 3.72. The van der Waals surface area contributed by atoms with Crippen molar-refractivity contribution in [2.45, 2.75) is 25.4 Å². The molecule has 0 aromatic carbocycles. The SMILES string of the molecule is C=CC(=O)NCCCN(CCCNC(=O)C=C)C(=O)CCNCC1COCCOCCOCCOCCOCCO1. The van der Waals surface area contributed by atoms with Crippen LogP contribution < -0.4 is 16.0 Å². The molecule has 13 nitrogen and oxygen atoms in total. The van der Waals surface area contributed by atoms with Gasteiger partial charge in [-0.2, -0.15) is 0 Å². The van der Waals surface area contributed by atoms with Gasteiger partial charge < -0.3 is 49.3 Å². The molecule has 1 rings (SSSR count). The number of nitrogens with one attached hydrogen (secondary N) is 3. The number of ether oxygens (including phenoxy) is 6. The van der Waals surface area contributed by atoms with Crippen molar-refractivity contribution in [1.29, 1.82) is 0 Å². The highest BCUT2D eigenvalue weighted by atomic mass is 16.6. The molecule has 13 heteroatoms. The Labute approximate surface area is 244 Å². The van der Waals surface area contributed by atoms with Gasteiger partial charge in [-0.1, -0.05) is 13.2 Å². The van der Waals surface area contributed by atoms with E-state index in [9.17, 15) is 14.4 Å². The minimum Gasteiger partial charge on any atom is -0.377 e. The highest BCUT2D eigenvalue weighted by Gasteiger charge is 2.15. The molecule has 3 N–H and O–H groups in total. The Morgan fingerprint density at radius 2 is 1.15 bits per heavy atom. The second kappa shape index (κ2) is 26.5. The first-order valence-electron chi connectivity index (χ1n) is 14.4. The molecule has 0 aliphatic carbocycles. The fourth-order valence-corrected chi connectivity index (χ4v) is 3.62. The van der Waals surface area contributed by atoms with E-state index < -0.39 is 0 Å². The lowest BCUT2D eigenvalue weighted by Gasteiger charge is -2.24. The highest BCUT2D eigenvalue weighted by Crippen LogP contribution is 2.00. The van der Waals surface area contributed by atoms with Crippen LogP contribution in [0.2, 0.25) is 0 Å². The molecular formula is C28H50N4O9. The van der Waals surface area contributed by atoms with Gasteiger partial charge >= 0.3 is 0 Å². The molecule has 0 spiro atoms. The quantitative estimate of drug-likeness (QED) is 0.172. The van der Waals surface area contributed by atoms with Gasteiger partial charge in [-0.25, -0.2) is 0 Å². The van der Waals surface area contributed by atoms with E-state index in [0.29, 0.717) is 131 Å². The summed E-state index contributed by atoms with van der Waals surface area (Å²) in [6.45, 7) is 14.8. The number of hydrogen-bond acceptors (Lipinski definition) is 10. The molecule has 236 valence electrons. The smallest absolute Gasteiger partial charge is 0.243 e. The molecule has 0 aromatic rings. The van der Waals surface area contributed by atoms with Crippen LogP contribution >= 0.6 is 0 Å². The average Bonchev–Trinajstić information content (AvgIpc) is 2.98. The lowest BCUT2D eigenvalue weighted by Crippen LogP contribution is -2.39. The third kappa shape index (κ3) is 22.0. The van der Waals surface area contributed by atoms with Crippen molar-refractivity contribution in [3.05, 3.63) is 25.3 Å². The summed E-state index contributed by atoms with van der Waals surface area (Å²) in [4.78, 5) is 37.5. The van der Waals surface area contributed by atoms with Gasteiger partial charge in [0.15, 0.2) is 0 Å². The summed E-state index contributed by atoms with van der Waals surface area (Å²) in [6, 6.07) is 0. The van der Waals surface area contributed by atoms with Crippen LogP contribution in [0.25, 0.3) is 0 Å². The third-order valence-corrected chi connectivity index (χ3v) is 5.79. The summed E-state index contributed by atoms with van der Waals surface area (Å²) in [7, 11) is 0. The Hall–Kier alpha value is -2.39. The molecule has 1 heterocycles. The molecule has 0 bridgehead atoms. The summed E-state index contributed by atoms with van der Waals surface area (Å²) in [5, 5.41) is 8.73. The van der Waals surface area contributed by atoms with E-state index in [1.54, 1.807) is 4.90 Å². The number of hydrogen-bond donors (Lipinski definition) is 3. The summed E-state index contributed by atoms with van der Waals surface area (Å²) in [5.41, 5.74) is 0. The lowest BCUT2D eigenvalue weighted by atomic mass is 10.2. The maximum absolute atomic E-state index is 13.0. The third-order valence-electron chi connectivity index (χ3n) is 5.79. The van der Waals surface area contributed by atoms with Crippen LogP contribution in [0.15, 0.2) is 25.3 Å². The Morgan fingerprint density at radius 1 is 0.683 bits per heavy atom. The number of carbonyl (C=O) groups excluding carboxylic acids is 3. The standard InChI is InChI=1S/C28H50N4O9/c1-3-26(33)30-8-5-11-32(12-6-9-31-27(34)4-2)28(35)7-10-29-23-25-24-40-20-19-38-16-15-36-13-14-37-17-18-39-21-22-41-25/h3-4,25,29H,1-2,5-24H2,(H,30,33)(H,31,34). The van der Waals surface area contributed by atoms with Gasteiger partial charge in [0.05, 0.1) is 78.8 Å². The van der Waals surface area contributed by atoms with Gasteiger partial charge in [-0.15, -0.1) is 0 Å². The molecule has 1 aliphatic rings. The first-order valence-corrected chi connectivity index (χ1v) is 14.4. The Morgan fingerprint density at radius 3 is 1.63 bits per heavy atom. The zero-order chi connectivity index (χ0) is 29.8. The summed E-state index contributed by atoms with van der Waals surface area (Å²) in [5.74, 6) is -0.508. The number of rotatable bonds is 15. The van der Waals surface area contributed by atoms with Crippen LogP contribution in [0.1, 0.15) is 19.3 Å². The van der Waals surface area contributed by atoms with E-state index in [0.717, 1.165) is 0 Å². The van der Waals surface area contributed by atoms with E-state index in [-0.39, 0.29) is 23.8 Å². The van der Waals surface area contributed by atoms with Gasteiger partial charge in [-0.05, 0) is 25.0 Å². The molecule has 1 atom stereocenters. The summed E-state index contributed by atoms with van der Waals surface area (Å²) >= 11 is 0. The zero-order valence-electron chi connectivity index (χ0n) is 24.4. The van der Waals surface area contributed by atoms with Crippen molar-refractivity contribution in [2.75, 3.05) is 112 Å². The van der Waals surface area contributed by atoms with Crippen LogP contribution in [0, 0.1) is 0 Å². The summed E-state index contributed by atoms with van der Waals surface area (Å²) < 4.78 is 33.6. The van der Waals surface area contributed by atoms with Crippen LogP contribution in [0.5, 0.6) is 0 Å². The molecule has 1 unspecified atom stereocenters. The van der Waals surface area contributed by atoms with Crippen molar-refractivity contribution < 1.29 is 42.8 Å². The van der Waals surface area contributed by atoms with E-state index >= 15 is 0 Å². The lowest BCUT2D eigenvalue weighted by molar-refractivity contribution is -0.131. The molecular weight excluding hydrogens is 536 g/mol. The largest absolute Gasteiger partial charge is 0.377 e. The normalized spacial score (nSPS) is 18.3. The second-order valence-electron chi connectivity index (χ2n) is 9.05. The monoisotopic (exact) mass is 586 g/mol. The molecule has 3 amide bonds. The Bertz CT molecular complexity index is 681. The first-order chi connectivity index (χ1) is 20.1. The second-order valence-corrected chi connectivity index (χ2v) is 9.05. The Balaban J connectivity index is 2.45. The molecule has 41 heavy (non-hydrogen) atoms. The van der Waals surface area contributed by atoms with Gasteiger partial charge in [0.1, 0.15) is 0 Å². The maximum atomic E-state index is 13.0. The zero-order valence-corrected chi connectivity index (χ0v) is 24.4. The van der Waals surface area contributed by atoms with Crippen molar-refractivity contribution in [2.24, 2.45) is 0 Å². The molecule has 1 saturated heterocycles. The molecule has 0 aromatic heterocycles. The van der Waals surface area contributed by atoms with E-state index in [1.165, 1.54) is 12.2 Å². The van der Waals surface area contributed by atoms with Crippen LogP contribution in [-0.2, 0) is 42.8 Å². The van der Waals surface area contributed by atoms with Crippen LogP contribution in [-0.4, -0.2) is 141 Å². The van der Waals surface area contributed by atoms with Gasteiger partial charge in [0, 0.05) is 45.7 Å². The van der Waals surface area contributed by atoms with Gasteiger partial charge in [-0.3, -0.25) is 14.4 Å². The minimum atomic E-state index is -0.248. The molecule has 0 radical (unpaired) electrons. The van der Waals surface area contributed by atoms with E-state index in [2.05, 4.69) is 29.1 Å². The predicted molar refractivity (Wildman–Crippen MR) is 154 cm³/mol. The molecule has 1 aliphatic heterocycles. The van der Waals surface area contributed by atoms with Crippen LogP contribution in [0.4, 0.5) is 0 Å². The molecule has 1 fully saturated rings. The Kier molecular flexibility index (Phi) is 23.7. The highest BCUT2D eigenvalue weighted by molar-refractivity contribution is 5.87. The topological polar surface area (TPSA) is 146 Å². The van der Waals surface area contributed by atoms with Crippen molar-refractivity contribution >= 4 is 17.7 Å². The van der Waals surface area contributed by atoms with Crippen LogP contribution in [0.3, 0.4) is 0 Å². The van der Waals surface area contributed by atoms with Gasteiger partial charge in [0.2, 0.25) is 17.7 Å². The minimum absolute atomic E-state index is 0.0128. The van der Waals surface area contributed by atoms with Gasteiger partial charge in [0.25, 0.3) is 0 Å². The van der Waals surface area contributed by atoms with E-state index in [4.69, 9.17) is 28.4 Å². The predicted octanol–water partition coefficient (Wildman–Crippen LogP) is -0.339. The maximum Gasteiger partial charge on any atom is 0.243 e. The number of carbonyl (C=O) groups is 3. The first kappa shape index (κ1) is 36.6. The van der Waals surface area contributed by atoms with E-state index in [1.807, 2.05) is 0 Å². The van der Waals surface area contributed by atoms with Crippen molar-refractivity contribution in [3.8, 4) is 0 Å². The number of amides is 3. The van der Waals surface area contributed by atoms with Crippen molar-refractivity contribution in [1.82, 2.24) is 20.9 Å².